The molecular formula is C32H36N6. The molecule has 2 aliphatic rings. The highest BCUT2D eigenvalue weighted by Gasteiger charge is 2.28. The fourth-order valence-electron chi connectivity index (χ4n) is 5.69. The summed E-state index contributed by atoms with van der Waals surface area (Å²) in [5.74, 6) is 0.756. The van der Waals surface area contributed by atoms with Gasteiger partial charge in [0, 0.05) is 45.8 Å². The van der Waals surface area contributed by atoms with Crippen molar-refractivity contribution in [2.24, 2.45) is 0 Å². The van der Waals surface area contributed by atoms with Crippen molar-refractivity contribution in [1.82, 2.24) is 20.0 Å². The number of nitrogens with zero attached hydrogens (tertiary/aromatic N) is 5. The summed E-state index contributed by atoms with van der Waals surface area (Å²) in [6.07, 6.45) is 4.01. The summed E-state index contributed by atoms with van der Waals surface area (Å²) in [7, 11) is 0. The molecule has 0 bridgehead atoms. The van der Waals surface area contributed by atoms with Crippen LogP contribution in [0, 0.1) is 22.7 Å². The first-order chi connectivity index (χ1) is 18.7. The van der Waals surface area contributed by atoms with E-state index in [2.05, 4.69) is 98.9 Å². The van der Waals surface area contributed by atoms with E-state index in [1.54, 1.807) is 0 Å². The molecule has 194 valence electrons. The molecule has 1 N–H and O–H groups in total. The molecule has 0 spiro atoms. The maximum absolute atomic E-state index is 9.70. The first-order valence-corrected chi connectivity index (χ1v) is 13.8. The largest absolute Gasteiger partial charge is 0.354 e. The molecule has 2 aliphatic heterocycles. The van der Waals surface area contributed by atoms with Crippen LogP contribution in [-0.4, -0.2) is 54.0 Å². The van der Waals surface area contributed by atoms with E-state index < -0.39 is 0 Å². The highest BCUT2D eigenvalue weighted by Crippen LogP contribution is 2.27. The molecule has 5 rings (SSSR count). The molecule has 0 saturated carbocycles. The van der Waals surface area contributed by atoms with Crippen molar-refractivity contribution in [2.45, 2.75) is 38.9 Å². The molecule has 3 aromatic carbocycles. The fourth-order valence-corrected chi connectivity index (χ4v) is 5.69. The predicted molar refractivity (Wildman–Crippen MR) is 151 cm³/mol. The van der Waals surface area contributed by atoms with E-state index in [1.807, 2.05) is 0 Å². The van der Waals surface area contributed by atoms with E-state index in [9.17, 15) is 10.5 Å². The molecule has 6 heteroatoms. The summed E-state index contributed by atoms with van der Waals surface area (Å²) in [6.45, 7) is 8.10. The van der Waals surface area contributed by atoms with Crippen LogP contribution < -0.4 is 5.32 Å². The van der Waals surface area contributed by atoms with E-state index in [1.165, 1.54) is 59.8 Å². The summed E-state index contributed by atoms with van der Waals surface area (Å²) in [4.78, 5) is 6.92. The number of allylic oxidation sites excluding steroid dienone is 1. The monoisotopic (exact) mass is 504 g/mol. The molecule has 2 saturated heterocycles. The number of benzene rings is 3. The SMILES string of the molecule is N#CC(C#N)=C1N(CCNCc2ccc(CN3CCCCC3)cc2)CCN1Cc1cccc2ccccc12. The Morgan fingerprint density at radius 3 is 2.24 bits per heavy atom. The number of nitrogens with one attached hydrogen (secondary N) is 1. The Bertz CT molecular complexity index is 1320. The number of nitriles is 2. The van der Waals surface area contributed by atoms with Gasteiger partial charge in [-0.25, -0.2) is 0 Å². The molecule has 6 nitrogen and oxygen atoms in total. The van der Waals surface area contributed by atoms with Crippen molar-refractivity contribution in [1.29, 1.82) is 10.5 Å². The topological polar surface area (TPSA) is 69.3 Å². The minimum Gasteiger partial charge on any atom is -0.354 e. The van der Waals surface area contributed by atoms with Gasteiger partial charge < -0.3 is 15.1 Å². The van der Waals surface area contributed by atoms with Gasteiger partial charge in [0.25, 0.3) is 0 Å². The van der Waals surface area contributed by atoms with Crippen molar-refractivity contribution in [3.05, 3.63) is 94.8 Å². The summed E-state index contributed by atoms with van der Waals surface area (Å²) in [5, 5.41) is 25.4. The van der Waals surface area contributed by atoms with E-state index in [0.29, 0.717) is 6.54 Å². The van der Waals surface area contributed by atoms with Crippen LogP contribution in [0.15, 0.2) is 78.1 Å². The van der Waals surface area contributed by atoms with Crippen molar-refractivity contribution < 1.29 is 0 Å². The second-order valence-corrected chi connectivity index (χ2v) is 10.3. The van der Waals surface area contributed by atoms with Crippen molar-refractivity contribution in [2.75, 3.05) is 39.3 Å². The molecule has 2 fully saturated rings. The molecule has 2 heterocycles. The molecular weight excluding hydrogens is 468 g/mol. The number of rotatable bonds is 9. The normalized spacial score (nSPS) is 16.0. The first-order valence-electron chi connectivity index (χ1n) is 13.8. The average molecular weight is 505 g/mol. The quantitative estimate of drug-likeness (QED) is 0.327. The summed E-state index contributed by atoms with van der Waals surface area (Å²) >= 11 is 0. The number of fused-ring (bicyclic) bond motifs is 1. The van der Waals surface area contributed by atoms with E-state index in [4.69, 9.17) is 0 Å². The average Bonchev–Trinajstić information content (AvgIpc) is 3.35. The van der Waals surface area contributed by atoms with Crippen LogP contribution in [0.4, 0.5) is 0 Å². The Morgan fingerprint density at radius 1 is 0.737 bits per heavy atom. The zero-order chi connectivity index (χ0) is 26.2. The zero-order valence-electron chi connectivity index (χ0n) is 22.1. The Kier molecular flexibility index (Phi) is 8.56. The van der Waals surface area contributed by atoms with Gasteiger partial charge in [-0.15, -0.1) is 0 Å². The van der Waals surface area contributed by atoms with E-state index in [-0.39, 0.29) is 5.57 Å². The van der Waals surface area contributed by atoms with E-state index >= 15 is 0 Å². The Hall–Kier alpha value is -3.84. The lowest BCUT2D eigenvalue weighted by Gasteiger charge is -2.26. The molecule has 38 heavy (non-hydrogen) atoms. The van der Waals surface area contributed by atoms with Gasteiger partial charge >= 0.3 is 0 Å². The van der Waals surface area contributed by atoms with Crippen molar-refractivity contribution in [3.8, 4) is 12.1 Å². The zero-order valence-corrected chi connectivity index (χ0v) is 22.1. The third kappa shape index (κ3) is 6.17. The van der Waals surface area contributed by atoms with Crippen LogP contribution in [-0.2, 0) is 19.6 Å². The summed E-state index contributed by atoms with van der Waals surface area (Å²) in [5.41, 5.74) is 4.05. The van der Waals surface area contributed by atoms with Gasteiger partial charge in [-0.1, -0.05) is 73.2 Å². The standard InChI is InChI=1S/C32H36N6/c33-21-30(22-34)32-37(19-20-38(32)25-29-9-6-8-28-7-2-3-10-31(28)29)18-15-35-23-26-11-13-27(14-12-26)24-36-16-4-1-5-17-36/h2-3,6-14,35H,1,4-5,15-20,23-25H2. The Balaban J connectivity index is 1.17. The fraction of sp³-hybridized carbons (Fsp3) is 0.375. The molecule has 0 atom stereocenters. The van der Waals surface area contributed by atoms with Crippen molar-refractivity contribution in [3.63, 3.8) is 0 Å². The van der Waals surface area contributed by atoms with Gasteiger partial charge in [0.1, 0.15) is 18.0 Å². The second-order valence-electron chi connectivity index (χ2n) is 10.3. The van der Waals surface area contributed by atoms with Gasteiger partial charge in [-0.05, 0) is 53.4 Å². The van der Waals surface area contributed by atoms with Crippen LogP contribution in [0.25, 0.3) is 10.8 Å². The highest BCUT2D eigenvalue weighted by molar-refractivity contribution is 5.85. The second kappa shape index (κ2) is 12.6. The Labute approximate surface area is 226 Å². The molecule has 0 radical (unpaired) electrons. The molecule has 0 amide bonds. The number of hydrogen-bond donors (Lipinski definition) is 1. The summed E-state index contributed by atoms with van der Waals surface area (Å²) < 4.78 is 0. The minimum absolute atomic E-state index is 0.187. The molecule has 0 aliphatic carbocycles. The molecule has 0 unspecified atom stereocenters. The number of likely N-dealkylation sites (tertiary alicyclic amines) is 1. The lowest BCUT2D eigenvalue weighted by Crippen LogP contribution is -2.31. The third-order valence-corrected chi connectivity index (χ3v) is 7.69. The van der Waals surface area contributed by atoms with E-state index in [0.717, 1.165) is 45.1 Å². The predicted octanol–water partition coefficient (Wildman–Crippen LogP) is 4.99. The van der Waals surface area contributed by atoms with Crippen LogP contribution in [0.1, 0.15) is 36.0 Å². The number of piperidine rings is 1. The van der Waals surface area contributed by atoms with Gasteiger partial charge in [0.15, 0.2) is 5.57 Å². The van der Waals surface area contributed by atoms with Crippen LogP contribution in [0.3, 0.4) is 0 Å². The van der Waals surface area contributed by atoms with Crippen LogP contribution in [0.2, 0.25) is 0 Å². The third-order valence-electron chi connectivity index (χ3n) is 7.69. The first kappa shape index (κ1) is 25.8. The number of hydrogen-bond acceptors (Lipinski definition) is 6. The maximum Gasteiger partial charge on any atom is 0.169 e. The van der Waals surface area contributed by atoms with Crippen LogP contribution >= 0.6 is 0 Å². The van der Waals surface area contributed by atoms with Gasteiger partial charge in [-0.2, -0.15) is 10.5 Å². The molecule has 0 aromatic heterocycles. The molecule has 3 aromatic rings. The van der Waals surface area contributed by atoms with Crippen LogP contribution in [0.5, 0.6) is 0 Å². The lowest BCUT2D eigenvalue weighted by molar-refractivity contribution is 0.221. The highest BCUT2D eigenvalue weighted by atomic mass is 15.4. The Morgan fingerprint density at radius 2 is 1.45 bits per heavy atom. The minimum atomic E-state index is 0.187. The van der Waals surface area contributed by atoms with Gasteiger partial charge in [-0.3, -0.25) is 4.90 Å². The smallest absolute Gasteiger partial charge is 0.169 e. The van der Waals surface area contributed by atoms with Gasteiger partial charge in [0.05, 0.1) is 0 Å². The summed E-state index contributed by atoms with van der Waals surface area (Å²) in [6, 6.07) is 27.9. The maximum atomic E-state index is 9.70. The van der Waals surface area contributed by atoms with Crippen molar-refractivity contribution >= 4 is 10.8 Å². The lowest BCUT2D eigenvalue weighted by atomic mass is 10.0. The van der Waals surface area contributed by atoms with Gasteiger partial charge in [0.2, 0.25) is 0 Å².